The zero-order valence-electron chi connectivity index (χ0n) is 4.15. The molecule has 0 aromatic rings. The minimum atomic E-state index is -0.0810. The highest BCUT2D eigenvalue weighted by Crippen LogP contribution is 1.87. The Morgan fingerprint density at radius 1 is 1.86 bits per heavy atom. The second-order valence-electron chi connectivity index (χ2n) is 1.23. The fourth-order valence-corrected chi connectivity index (χ4v) is 0.433. The number of hydrogen-bond acceptors (Lipinski definition) is 1. The number of nitrogens with zero attached hydrogens (tertiary/aromatic N) is 1. The first-order valence-corrected chi connectivity index (χ1v) is 2.87. The molecule has 0 saturated heterocycles. The monoisotopic (exact) mass is 164 g/mol. The molecular formula is C4H7BrNO. The van der Waals surface area contributed by atoms with Gasteiger partial charge in [0, 0.05) is 6.42 Å². The summed E-state index contributed by atoms with van der Waals surface area (Å²) in [5.74, 6) is -0.0810. The topological polar surface area (TPSA) is 31.2 Å². The van der Waals surface area contributed by atoms with Crippen molar-refractivity contribution in [2.75, 3.05) is 0 Å². The first kappa shape index (κ1) is 6.95. The number of carbonyl (C=O) groups is 1. The van der Waals surface area contributed by atoms with Crippen LogP contribution in [0.25, 0.3) is 0 Å². The highest BCUT2D eigenvalue weighted by molar-refractivity contribution is 9.08. The van der Waals surface area contributed by atoms with Gasteiger partial charge in [-0.05, 0) is 6.42 Å². The molecule has 0 atom stereocenters. The molecule has 0 spiro atoms. The van der Waals surface area contributed by atoms with Gasteiger partial charge in [-0.2, -0.15) is 4.34 Å². The highest BCUT2D eigenvalue weighted by Gasteiger charge is 1.94. The normalized spacial score (nSPS) is 8.29. The van der Waals surface area contributed by atoms with E-state index in [-0.39, 0.29) is 5.91 Å². The Bertz CT molecular complexity index is 64.7. The van der Waals surface area contributed by atoms with Crippen molar-refractivity contribution in [1.82, 2.24) is 4.34 Å². The maximum atomic E-state index is 10.2. The Morgan fingerprint density at radius 3 is 2.57 bits per heavy atom. The Morgan fingerprint density at radius 2 is 2.43 bits per heavy atom. The molecule has 2 nitrogen and oxygen atoms in total. The third-order valence-electron chi connectivity index (χ3n) is 0.558. The van der Waals surface area contributed by atoms with Crippen LogP contribution in [-0.4, -0.2) is 5.91 Å². The van der Waals surface area contributed by atoms with E-state index in [1.807, 2.05) is 6.92 Å². The summed E-state index contributed by atoms with van der Waals surface area (Å²) in [6.45, 7) is 1.94. The van der Waals surface area contributed by atoms with Crippen molar-refractivity contribution in [3.8, 4) is 0 Å². The van der Waals surface area contributed by atoms with Crippen LogP contribution in [0.2, 0.25) is 0 Å². The molecule has 7 heavy (non-hydrogen) atoms. The van der Waals surface area contributed by atoms with Crippen LogP contribution in [0.4, 0.5) is 0 Å². The maximum Gasteiger partial charge on any atom is 0.252 e. The Balaban J connectivity index is 3.00. The van der Waals surface area contributed by atoms with Gasteiger partial charge in [0.15, 0.2) is 0 Å². The molecule has 1 radical (unpaired) electrons. The lowest BCUT2D eigenvalue weighted by atomic mass is 10.3. The van der Waals surface area contributed by atoms with Crippen molar-refractivity contribution >= 4 is 22.1 Å². The summed E-state index contributed by atoms with van der Waals surface area (Å²) in [7, 11) is 0. The lowest BCUT2D eigenvalue weighted by Gasteiger charge is -1.85. The van der Waals surface area contributed by atoms with Crippen LogP contribution in [0.15, 0.2) is 0 Å². The molecule has 0 aromatic heterocycles. The van der Waals surface area contributed by atoms with Crippen LogP contribution in [-0.2, 0) is 4.79 Å². The van der Waals surface area contributed by atoms with Gasteiger partial charge in [-0.1, -0.05) is 6.92 Å². The third kappa shape index (κ3) is 3.79. The van der Waals surface area contributed by atoms with Crippen LogP contribution in [0.5, 0.6) is 0 Å². The second kappa shape index (κ2) is 4.12. The average Bonchev–Trinajstić information content (AvgIpc) is 1.68. The molecule has 0 bridgehead atoms. The molecule has 0 unspecified atom stereocenters. The average molecular weight is 165 g/mol. The van der Waals surface area contributed by atoms with E-state index in [0.717, 1.165) is 6.42 Å². The molecule has 0 rings (SSSR count). The van der Waals surface area contributed by atoms with E-state index in [0.29, 0.717) is 6.42 Å². The van der Waals surface area contributed by atoms with E-state index in [4.69, 9.17) is 0 Å². The van der Waals surface area contributed by atoms with Gasteiger partial charge in [-0.25, -0.2) is 0 Å². The molecule has 0 aliphatic carbocycles. The zero-order chi connectivity index (χ0) is 5.70. The van der Waals surface area contributed by atoms with Gasteiger partial charge >= 0.3 is 0 Å². The van der Waals surface area contributed by atoms with Crippen molar-refractivity contribution < 1.29 is 4.79 Å². The SMILES string of the molecule is CCCC(=O)[N]Br. The summed E-state index contributed by atoms with van der Waals surface area (Å²) < 4.78 is 3.25. The smallest absolute Gasteiger partial charge is 0.252 e. The van der Waals surface area contributed by atoms with Gasteiger partial charge in [0.25, 0.3) is 5.91 Å². The van der Waals surface area contributed by atoms with E-state index in [1.165, 1.54) is 0 Å². The summed E-state index contributed by atoms with van der Waals surface area (Å²) in [6, 6.07) is 0. The maximum absolute atomic E-state index is 10.2. The summed E-state index contributed by atoms with van der Waals surface area (Å²) in [5.41, 5.74) is 0. The van der Waals surface area contributed by atoms with E-state index in [9.17, 15) is 4.79 Å². The van der Waals surface area contributed by atoms with E-state index in [2.05, 4.69) is 20.5 Å². The van der Waals surface area contributed by atoms with Crippen LogP contribution >= 0.6 is 16.1 Å². The molecule has 0 saturated carbocycles. The van der Waals surface area contributed by atoms with Gasteiger partial charge < -0.3 is 0 Å². The zero-order valence-corrected chi connectivity index (χ0v) is 5.73. The summed E-state index contributed by atoms with van der Waals surface area (Å²) >= 11 is 2.69. The van der Waals surface area contributed by atoms with Gasteiger partial charge in [0.2, 0.25) is 0 Å². The first-order valence-electron chi connectivity index (χ1n) is 2.16. The standard InChI is InChI=1S/C4H7BrNO/c1-2-3-4(7)6-5/h2-3H2,1H3. The Labute approximate surface area is 51.6 Å². The number of hydrogen-bond donors (Lipinski definition) is 0. The van der Waals surface area contributed by atoms with Crippen molar-refractivity contribution in [3.05, 3.63) is 0 Å². The minimum absolute atomic E-state index is 0.0810. The predicted octanol–water partition coefficient (Wildman–Crippen LogP) is 1.23. The van der Waals surface area contributed by atoms with E-state index < -0.39 is 0 Å². The molecule has 0 aromatic carbocycles. The summed E-state index contributed by atoms with van der Waals surface area (Å²) in [6.07, 6.45) is 1.42. The summed E-state index contributed by atoms with van der Waals surface area (Å²) in [4.78, 5) is 10.2. The molecule has 0 heterocycles. The predicted molar refractivity (Wildman–Crippen MR) is 31.0 cm³/mol. The molecule has 0 aliphatic rings. The highest BCUT2D eigenvalue weighted by atomic mass is 79.9. The fourth-order valence-electron chi connectivity index (χ4n) is 0.256. The van der Waals surface area contributed by atoms with Gasteiger partial charge in [0.1, 0.15) is 0 Å². The summed E-state index contributed by atoms with van der Waals surface area (Å²) in [5, 5.41) is 0. The second-order valence-corrected chi connectivity index (χ2v) is 1.58. The fraction of sp³-hybridized carbons (Fsp3) is 0.750. The molecule has 0 fully saturated rings. The molecule has 0 N–H and O–H groups in total. The molecule has 41 valence electrons. The van der Waals surface area contributed by atoms with Gasteiger partial charge in [-0.15, -0.1) is 0 Å². The third-order valence-corrected chi connectivity index (χ3v) is 0.954. The number of amides is 1. The van der Waals surface area contributed by atoms with E-state index >= 15 is 0 Å². The molecule has 1 amide bonds. The largest absolute Gasteiger partial charge is 0.272 e. The first-order chi connectivity index (χ1) is 3.31. The van der Waals surface area contributed by atoms with Crippen LogP contribution < -0.4 is 4.34 Å². The van der Waals surface area contributed by atoms with Crippen molar-refractivity contribution in [2.24, 2.45) is 0 Å². The Kier molecular flexibility index (Phi) is 4.09. The Hall–Kier alpha value is -0.0500. The van der Waals surface area contributed by atoms with Gasteiger partial charge in [-0.3, -0.25) is 4.79 Å². The van der Waals surface area contributed by atoms with Crippen molar-refractivity contribution in [1.29, 1.82) is 0 Å². The lowest BCUT2D eigenvalue weighted by Crippen LogP contribution is -2.02. The lowest BCUT2D eigenvalue weighted by molar-refractivity contribution is -0.119. The van der Waals surface area contributed by atoms with Crippen LogP contribution in [0.3, 0.4) is 0 Å². The number of rotatable bonds is 2. The number of halogens is 1. The molecule has 0 aliphatic heterocycles. The van der Waals surface area contributed by atoms with Crippen LogP contribution in [0, 0.1) is 0 Å². The minimum Gasteiger partial charge on any atom is -0.272 e. The van der Waals surface area contributed by atoms with Crippen molar-refractivity contribution in [3.63, 3.8) is 0 Å². The van der Waals surface area contributed by atoms with Crippen LogP contribution in [0.1, 0.15) is 19.8 Å². The molecule has 3 heteroatoms. The van der Waals surface area contributed by atoms with Crippen molar-refractivity contribution in [2.45, 2.75) is 19.8 Å². The van der Waals surface area contributed by atoms with E-state index in [1.54, 1.807) is 0 Å². The number of carbonyl (C=O) groups excluding carboxylic acids is 1. The quantitative estimate of drug-likeness (QED) is 0.605. The molecular weight excluding hydrogens is 158 g/mol. The van der Waals surface area contributed by atoms with Gasteiger partial charge in [0.05, 0.1) is 16.1 Å².